The fourth-order valence-corrected chi connectivity index (χ4v) is 11.8. The van der Waals surface area contributed by atoms with Crippen molar-refractivity contribution in [1.82, 2.24) is 75.5 Å². The molecule has 4 saturated heterocycles. The zero-order valence-electron chi connectivity index (χ0n) is 73.1. The van der Waals surface area contributed by atoms with Gasteiger partial charge in [0.2, 0.25) is 23.6 Å². The van der Waals surface area contributed by atoms with Crippen molar-refractivity contribution in [2.45, 2.75) is 201 Å². The van der Waals surface area contributed by atoms with Gasteiger partial charge in [-0.15, -0.1) is 77.5 Å². The molecule has 0 radical (unpaired) electrons. The molecule has 4 aromatic heterocycles. The summed E-state index contributed by atoms with van der Waals surface area (Å²) in [6, 6.07) is 6.47. The van der Waals surface area contributed by atoms with E-state index in [1.165, 1.54) is 41.0 Å². The van der Waals surface area contributed by atoms with Crippen LogP contribution in [0.25, 0.3) is 44.1 Å². The summed E-state index contributed by atoms with van der Waals surface area (Å²) in [5.74, 6) is -4.16. The molecule has 34 nitrogen and oxygen atoms in total. The minimum Gasteiger partial charge on any atom is -0.480 e. The van der Waals surface area contributed by atoms with E-state index in [2.05, 4.69) is 137 Å². The number of hydrogen-bond acceptors (Lipinski definition) is 30. The van der Waals surface area contributed by atoms with E-state index in [9.17, 15) is 118 Å². The lowest BCUT2D eigenvalue weighted by Crippen LogP contribution is -2.48. The molecule has 0 unspecified atom stereocenters. The van der Waals surface area contributed by atoms with Crippen LogP contribution in [-0.4, -0.2) is 288 Å². The Hall–Kier alpha value is -8.21. The number of alkyl halides is 16. The third kappa shape index (κ3) is 51.2. The van der Waals surface area contributed by atoms with Crippen molar-refractivity contribution in [1.29, 1.82) is 0 Å². The number of hydrogen-bond donors (Lipinski definition) is 7. The van der Waals surface area contributed by atoms with Crippen molar-refractivity contribution >= 4 is 213 Å². The monoisotopic (exact) mass is 2210 g/mol. The Morgan fingerprint density at radius 2 is 0.818 bits per heavy atom. The lowest BCUT2D eigenvalue weighted by molar-refractivity contribution is -0.324. The SMILES string of the molecule is C.CC(=O)c1nn(CC(=O)N2C[C@H](F)C[C@H]2C(=O)NCCOC(F)(F)F)c2ccc(-c3cnc(C)nc3)cc12.CC(=O)c1nn(CC(=O)O)c2ccc(-c3cnc(C)nc3)cc12.CC(C)(C)OC(=O)N1C[C@H](F)C[C@H]1C(=O)NCCOC(F)(F)F.CC(C)(C)OC(=O)N1C[C@H](F)C[C@H]1C(=O)O.Cl.Cl.NCCOC(F)(F)F.O=C(NCCOC(F)(F)F)[C@@H]1C[C@@H](F)CN1.S.S=S.S=S=S.S=S=S=S. The number of Topliss-reactive ketones (excluding diaryl/α,β-unsaturated/α-hetero) is 2. The number of amides is 6. The molecule has 0 spiro atoms. The summed E-state index contributed by atoms with van der Waals surface area (Å²) in [6.45, 7) is 10.8. The number of rotatable bonds is 23. The number of nitrogens with zero attached hydrogens (tertiary/aromatic N) is 11. The van der Waals surface area contributed by atoms with E-state index in [0.29, 0.717) is 33.5 Å². The van der Waals surface area contributed by atoms with Crippen LogP contribution in [0, 0.1) is 13.8 Å². The van der Waals surface area contributed by atoms with Crippen LogP contribution in [0.3, 0.4) is 0 Å². The minimum absolute atomic E-state index is 0. The maximum atomic E-state index is 14.2. The predicted octanol–water partition coefficient (Wildman–Crippen LogP) is 10.5. The number of likely N-dealkylation sites (tertiary alicyclic amines) is 3. The second kappa shape index (κ2) is 63.6. The average molecular weight is 2210 g/mol. The lowest BCUT2D eigenvalue weighted by Gasteiger charge is -2.27. The first-order valence-electron chi connectivity index (χ1n) is 38.4. The topological polar surface area (TPSA) is 438 Å². The summed E-state index contributed by atoms with van der Waals surface area (Å²) in [7, 11) is 3.26. The number of ether oxygens (including phenoxy) is 6. The van der Waals surface area contributed by atoms with Gasteiger partial charge in [-0.25, -0.2) is 51.9 Å². The van der Waals surface area contributed by atoms with Crippen molar-refractivity contribution in [2.75, 3.05) is 78.8 Å². The molecule has 0 aliphatic carbocycles. The van der Waals surface area contributed by atoms with E-state index in [-0.39, 0.29) is 147 Å². The van der Waals surface area contributed by atoms with Crippen molar-refractivity contribution in [3.63, 3.8) is 0 Å². The third-order valence-corrected chi connectivity index (χ3v) is 19.2. The van der Waals surface area contributed by atoms with Crippen molar-refractivity contribution < 1.29 is 157 Å². The number of fused-ring (bicyclic) bond motifs is 2. The van der Waals surface area contributed by atoms with Gasteiger partial charge in [0.15, 0.2) is 11.6 Å². The summed E-state index contributed by atoms with van der Waals surface area (Å²) in [5, 5.41) is 36.6. The number of carboxylic acids is 2. The van der Waals surface area contributed by atoms with Gasteiger partial charge in [0.1, 0.15) is 90.1 Å². The summed E-state index contributed by atoms with van der Waals surface area (Å²) < 4.78 is 219. The molecule has 8 N–H and O–H groups in total. The number of nitrogens with two attached hydrogens (primary N) is 1. The van der Waals surface area contributed by atoms with Gasteiger partial charge in [0.05, 0.1) is 63.1 Å². The molecule has 4 aliphatic heterocycles. The quantitative estimate of drug-likeness (QED) is 0.0178. The molecule has 774 valence electrons. The van der Waals surface area contributed by atoms with E-state index in [4.69, 9.17) is 25.4 Å². The summed E-state index contributed by atoms with van der Waals surface area (Å²) in [5.41, 5.74) is 7.77. The van der Waals surface area contributed by atoms with Crippen LogP contribution in [-0.2, 0) is 164 Å². The van der Waals surface area contributed by atoms with E-state index >= 15 is 0 Å². The molecule has 137 heavy (non-hydrogen) atoms. The number of aliphatic carboxylic acids is 2. The Morgan fingerprint density at radius 1 is 0.496 bits per heavy atom. The Kier molecular flexibility index (Phi) is 61.7. The van der Waals surface area contributed by atoms with E-state index in [1.807, 2.05) is 12.1 Å². The highest BCUT2D eigenvalue weighted by molar-refractivity contribution is 8.51. The molecule has 4 fully saturated rings. The van der Waals surface area contributed by atoms with Crippen molar-refractivity contribution in [3.8, 4) is 22.3 Å². The molecule has 8 heterocycles. The standard InChI is InChI=1S/C24H24F4N6O4.C16H14N4O3.C13H20F4N2O4.C10H16FNO4.C8H12F4N2O2.C3H6F3NO.CH4.2ClH.S4.S3.S2.H2S/c1-13(35)22-18-7-15(16-9-30-14(2)31-10-16)3-4-19(18)34(32-22)12-21(36)33-11-17(25)8-20(33)23(37)29-5-6-38-24(26,27)28;1-9(21)16-13-5-11(12-6-17-10(2)18-7-12)3-4-14(13)20(19-16)8-15(22)23;1-12(2,3)23-11(21)19-7-8(14)6-9(19)10(20)18-4-5-22-13(15,16)17;1-10(2,3)16-9(15)12-5-6(11)4-7(12)8(13)14;9-5-3-6(14-4-5)7(15)13-1-2-16-8(10,11)12;4-3(5,6)8-2-1-7;;;;1-3-4-2;1-3-2;1-2;/h3-4,7,9-10,17,20H,5-6,8,11-12H2,1-2H3,(H,29,37);3-7H,8H2,1-2H3,(H,22,23);8-9H,4-7H2,1-3H3,(H,18,20);6-7H,4-5H2,1-3H3,(H,13,14);5-6,14H,1-4H2,(H,13,15);1-2,7H2;1H4;2*1H;;;;1H2/t17-,20+;;8-,9+;6-,7+;5-,6+;;;;;;;;/m1.111......../s1. The first kappa shape index (κ1) is 133. The van der Waals surface area contributed by atoms with Crippen LogP contribution in [0.4, 0.5) is 79.8 Å². The van der Waals surface area contributed by atoms with Gasteiger partial charge in [-0.3, -0.25) is 71.7 Å². The Labute approximate surface area is 831 Å². The van der Waals surface area contributed by atoms with Gasteiger partial charge in [0.25, 0.3) is 0 Å². The fourth-order valence-electron chi connectivity index (χ4n) is 11.8. The number of nitrogens with one attached hydrogen (secondary N) is 4. The number of aryl methyl sites for hydroxylation is 2. The maximum Gasteiger partial charge on any atom is 0.522 e. The summed E-state index contributed by atoms with van der Waals surface area (Å²) in [6.07, 6.45) is -19.7. The predicted molar refractivity (Wildman–Crippen MR) is 499 cm³/mol. The molecule has 10 rings (SSSR count). The molecule has 2 aromatic carbocycles. The van der Waals surface area contributed by atoms with Crippen LogP contribution >= 0.6 is 38.3 Å². The third-order valence-electron chi connectivity index (χ3n) is 17.0. The lowest BCUT2D eigenvalue weighted by atomic mass is 10.0. The number of carbonyl (C=O) groups is 10. The van der Waals surface area contributed by atoms with Gasteiger partial charge >= 0.3 is 49.6 Å². The fraction of sp³-hybridized carbons (Fsp3) is 0.573. The zero-order valence-corrected chi connectivity index (χ0v) is 83.1. The van der Waals surface area contributed by atoms with Gasteiger partial charge in [-0.2, -0.15) is 23.7 Å². The average Bonchev–Trinajstić information content (AvgIpc) is 1.63. The number of carboxylic acid groups (broad SMARTS) is 2. The normalized spacial score (nSPS) is 17.4. The second-order valence-corrected chi connectivity index (χ2v) is 34.9. The molecule has 6 amide bonds. The van der Waals surface area contributed by atoms with Crippen LogP contribution in [0.2, 0.25) is 0 Å². The van der Waals surface area contributed by atoms with Crippen LogP contribution < -0.4 is 27.0 Å². The van der Waals surface area contributed by atoms with Crippen LogP contribution in [0.1, 0.15) is 121 Å². The summed E-state index contributed by atoms with van der Waals surface area (Å²) in [4.78, 5) is 138. The zero-order chi connectivity index (χ0) is 101. The highest BCUT2D eigenvalue weighted by Crippen LogP contribution is 2.32. The molecule has 8 atom stereocenters. The van der Waals surface area contributed by atoms with Gasteiger partial charge < -0.3 is 51.6 Å². The second-order valence-electron chi connectivity index (χ2n) is 29.6. The molecule has 0 saturated carbocycles. The summed E-state index contributed by atoms with van der Waals surface area (Å²) >= 11 is 24.2. The molecular weight excluding hydrogens is 2110 g/mol. The first-order chi connectivity index (χ1) is 61.7. The Bertz CT molecular complexity index is 4980. The Balaban J connectivity index is -0.00000161. The Morgan fingerprint density at radius 3 is 1.12 bits per heavy atom. The van der Waals surface area contributed by atoms with Gasteiger partial charge in [-0.1, -0.05) is 19.6 Å². The van der Waals surface area contributed by atoms with Crippen LogP contribution in [0.15, 0.2) is 61.2 Å². The maximum absolute atomic E-state index is 14.2. The minimum atomic E-state index is -4.84. The van der Waals surface area contributed by atoms with E-state index in [1.54, 1.807) is 104 Å². The number of aromatic nitrogens is 8. The first-order valence-corrected chi connectivity index (χ1v) is 46.4. The number of ketones is 2. The van der Waals surface area contributed by atoms with Gasteiger partial charge in [-0.05, 0) is 90.8 Å². The molecule has 62 heteroatoms. The van der Waals surface area contributed by atoms with E-state index in [0.717, 1.165) is 45.8 Å². The van der Waals surface area contributed by atoms with E-state index < -0.39 is 173 Å². The van der Waals surface area contributed by atoms with Gasteiger partial charge in [0, 0.05) is 213 Å². The number of carbonyl (C=O) groups excluding carboxylic acids is 8. The highest BCUT2D eigenvalue weighted by Gasteiger charge is 2.45. The number of benzene rings is 2. The number of halogens is 18. The molecular formula is C75H100Cl2F16N16O18S10. The highest BCUT2D eigenvalue weighted by atomic mass is 35.5. The smallest absolute Gasteiger partial charge is 0.480 e. The molecule has 0 bridgehead atoms. The van der Waals surface area contributed by atoms with Crippen molar-refractivity contribution in [3.05, 3.63) is 84.2 Å². The van der Waals surface area contributed by atoms with Crippen LogP contribution in [0.5, 0.6) is 0 Å². The molecule has 4 aliphatic rings. The molecule has 6 aromatic rings. The largest absolute Gasteiger partial charge is 0.522 e. The van der Waals surface area contributed by atoms with Crippen molar-refractivity contribution in [2.24, 2.45) is 5.73 Å².